The van der Waals surface area contributed by atoms with Gasteiger partial charge in [-0.25, -0.2) is 18.6 Å². The number of fused-ring (bicyclic) bond motifs is 1. The highest BCUT2D eigenvalue weighted by Crippen LogP contribution is 2.30. The summed E-state index contributed by atoms with van der Waals surface area (Å²) in [5.41, 5.74) is 2.52. The van der Waals surface area contributed by atoms with Crippen LogP contribution in [-0.2, 0) is 16.1 Å². The van der Waals surface area contributed by atoms with Crippen molar-refractivity contribution in [3.8, 4) is 11.5 Å². The van der Waals surface area contributed by atoms with E-state index in [1.54, 1.807) is 38.1 Å². The lowest BCUT2D eigenvalue weighted by Crippen LogP contribution is -2.39. The smallest absolute Gasteiger partial charge is 0.338 e. The van der Waals surface area contributed by atoms with Crippen LogP contribution in [0.25, 0.3) is 6.08 Å². The van der Waals surface area contributed by atoms with E-state index in [1.165, 1.54) is 29.1 Å². The van der Waals surface area contributed by atoms with Crippen molar-refractivity contribution >= 4 is 23.4 Å². The summed E-state index contributed by atoms with van der Waals surface area (Å²) in [6.07, 6.45) is 1.72. The van der Waals surface area contributed by atoms with Crippen LogP contribution in [0.1, 0.15) is 36.6 Å². The number of esters is 1. The number of methoxy groups -OCH3 is 1. The number of allylic oxidation sites excluding steroid dienone is 1. The van der Waals surface area contributed by atoms with Crippen molar-refractivity contribution in [1.82, 2.24) is 4.57 Å². The molecule has 1 aromatic heterocycles. The van der Waals surface area contributed by atoms with E-state index in [4.69, 9.17) is 14.2 Å². The number of benzene rings is 3. The Morgan fingerprint density at radius 1 is 1.07 bits per heavy atom. The molecule has 1 aliphatic rings. The van der Waals surface area contributed by atoms with Crippen LogP contribution < -0.4 is 24.4 Å². The van der Waals surface area contributed by atoms with Crippen molar-refractivity contribution in [3.63, 3.8) is 0 Å². The largest absolute Gasteiger partial charge is 0.496 e. The van der Waals surface area contributed by atoms with Gasteiger partial charge in [-0.2, -0.15) is 0 Å². The summed E-state index contributed by atoms with van der Waals surface area (Å²) in [6.45, 7) is 3.60. The molecule has 0 N–H and O–H groups in total. The summed E-state index contributed by atoms with van der Waals surface area (Å²) in [5, 5.41) is 0. The van der Waals surface area contributed by atoms with Gasteiger partial charge in [0.05, 0.1) is 35.6 Å². The van der Waals surface area contributed by atoms with Crippen LogP contribution in [0.4, 0.5) is 8.78 Å². The van der Waals surface area contributed by atoms with Crippen molar-refractivity contribution in [3.05, 3.63) is 126 Å². The number of aromatic nitrogens is 1. The van der Waals surface area contributed by atoms with Gasteiger partial charge in [0.15, 0.2) is 16.4 Å². The minimum Gasteiger partial charge on any atom is -0.496 e. The van der Waals surface area contributed by atoms with Gasteiger partial charge in [-0.3, -0.25) is 9.36 Å². The zero-order valence-corrected chi connectivity index (χ0v) is 23.3. The van der Waals surface area contributed by atoms with Crippen LogP contribution in [-0.4, -0.2) is 24.3 Å². The molecule has 0 spiro atoms. The molecule has 0 saturated carbocycles. The van der Waals surface area contributed by atoms with E-state index in [-0.39, 0.29) is 24.5 Å². The monoisotopic (exact) mass is 576 g/mol. The summed E-state index contributed by atoms with van der Waals surface area (Å²) in [4.78, 5) is 31.8. The Kier molecular flexibility index (Phi) is 8.11. The average Bonchev–Trinajstić information content (AvgIpc) is 3.26. The van der Waals surface area contributed by atoms with E-state index in [1.807, 2.05) is 30.3 Å². The number of hydrogen-bond donors (Lipinski definition) is 0. The second-order valence-electron chi connectivity index (χ2n) is 9.15. The van der Waals surface area contributed by atoms with E-state index in [0.717, 1.165) is 17.7 Å². The maximum atomic E-state index is 14.1. The van der Waals surface area contributed by atoms with Crippen LogP contribution in [0.2, 0.25) is 0 Å². The number of carbonyl (C=O) groups is 1. The van der Waals surface area contributed by atoms with E-state index >= 15 is 0 Å². The fraction of sp³-hybridized carbons (Fsp3) is 0.194. The number of ether oxygens (including phenoxy) is 3. The number of hydrogen-bond acceptors (Lipinski definition) is 7. The molecule has 210 valence electrons. The molecule has 0 saturated heterocycles. The third kappa shape index (κ3) is 5.69. The number of halogens is 2. The number of rotatable bonds is 8. The van der Waals surface area contributed by atoms with E-state index in [2.05, 4.69) is 4.99 Å². The Balaban J connectivity index is 1.56. The average molecular weight is 577 g/mol. The van der Waals surface area contributed by atoms with Gasteiger partial charge in [-0.15, -0.1) is 0 Å². The SMILES string of the molecule is CCOC(=O)C1=C(C)N=c2s/c(=C\c3ccc(OC)c(COc4ccc(F)cc4F)c3)c(=O)n2[C@H]1c1ccccc1. The first kappa shape index (κ1) is 28.0. The van der Waals surface area contributed by atoms with Gasteiger partial charge in [-0.1, -0.05) is 47.7 Å². The zero-order chi connectivity index (χ0) is 29.1. The lowest BCUT2D eigenvalue weighted by atomic mass is 9.96. The molecule has 1 atom stereocenters. The van der Waals surface area contributed by atoms with Gasteiger partial charge in [0.1, 0.15) is 18.2 Å². The minimum absolute atomic E-state index is 0.0508. The molecule has 7 nitrogen and oxygen atoms in total. The standard InChI is InChI=1S/C31H26F2N2O5S/c1-4-39-30(37)27-18(2)34-31-35(28(27)20-8-6-5-7-9-20)29(36)26(41-31)15-19-10-12-24(38-3)21(14-19)17-40-25-13-11-22(32)16-23(25)33/h5-16,28H,4,17H2,1-3H3/b26-15-/t28-/m0/s1. The topological polar surface area (TPSA) is 79.1 Å². The predicted octanol–water partition coefficient (Wildman–Crippen LogP) is 4.66. The summed E-state index contributed by atoms with van der Waals surface area (Å²) >= 11 is 1.21. The lowest BCUT2D eigenvalue weighted by molar-refractivity contribution is -0.139. The first-order valence-corrected chi connectivity index (χ1v) is 13.6. The van der Waals surface area contributed by atoms with Gasteiger partial charge >= 0.3 is 5.97 Å². The first-order valence-electron chi connectivity index (χ1n) is 12.8. The number of thiazole rings is 1. The molecule has 0 amide bonds. The van der Waals surface area contributed by atoms with Gasteiger partial charge < -0.3 is 14.2 Å². The molecule has 41 heavy (non-hydrogen) atoms. The Bertz CT molecular complexity index is 1830. The van der Waals surface area contributed by atoms with Gasteiger partial charge in [-0.05, 0) is 55.3 Å². The molecule has 10 heteroatoms. The summed E-state index contributed by atoms with van der Waals surface area (Å²) in [6, 6.07) is 16.9. The molecule has 0 bridgehead atoms. The summed E-state index contributed by atoms with van der Waals surface area (Å²) in [5.74, 6) is -1.62. The van der Waals surface area contributed by atoms with Crippen molar-refractivity contribution < 1.29 is 27.8 Å². The molecule has 2 heterocycles. The fourth-order valence-electron chi connectivity index (χ4n) is 4.64. The van der Waals surface area contributed by atoms with Crippen LogP contribution in [0, 0.1) is 11.6 Å². The maximum absolute atomic E-state index is 14.1. The second-order valence-corrected chi connectivity index (χ2v) is 10.2. The molecule has 3 aromatic carbocycles. The molecular formula is C31H26F2N2O5S. The molecule has 0 fully saturated rings. The van der Waals surface area contributed by atoms with Crippen molar-refractivity contribution in [2.75, 3.05) is 13.7 Å². The first-order chi connectivity index (χ1) is 19.8. The van der Waals surface area contributed by atoms with Crippen molar-refractivity contribution in [2.45, 2.75) is 26.5 Å². The summed E-state index contributed by atoms with van der Waals surface area (Å²) < 4.78 is 45.6. The fourth-order valence-corrected chi connectivity index (χ4v) is 5.69. The van der Waals surface area contributed by atoms with Crippen LogP contribution in [0.15, 0.2) is 87.8 Å². The highest BCUT2D eigenvalue weighted by molar-refractivity contribution is 7.07. The molecule has 5 rings (SSSR count). The van der Waals surface area contributed by atoms with Crippen LogP contribution >= 0.6 is 11.3 Å². The quantitative estimate of drug-likeness (QED) is 0.285. The molecular weight excluding hydrogens is 550 g/mol. The van der Waals surface area contributed by atoms with Crippen LogP contribution in [0.3, 0.4) is 0 Å². The zero-order valence-electron chi connectivity index (χ0n) is 22.5. The normalized spacial score (nSPS) is 14.9. The summed E-state index contributed by atoms with van der Waals surface area (Å²) in [7, 11) is 1.50. The Labute approximate surface area is 238 Å². The van der Waals surface area contributed by atoms with Gasteiger partial charge in [0.25, 0.3) is 5.56 Å². The Morgan fingerprint density at radius 2 is 1.83 bits per heavy atom. The Morgan fingerprint density at radius 3 is 2.54 bits per heavy atom. The Hall–Kier alpha value is -4.57. The molecule has 0 radical (unpaired) electrons. The molecule has 1 aliphatic heterocycles. The highest BCUT2D eigenvalue weighted by Gasteiger charge is 2.33. The molecule has 0 unspecified atom stereocenters. The van der Waals surface area contributed by atoms with E-state index < -0.39 is 23.6 Å². The predicted molar refractivity (Wildman–Crippen MR) is 151 cm³/mol. The van der Waals surface area contributed by atoms with Crippen molar-refractivity contribution in [1.29, 1.82) is 0 Å². The van der Waals surface area contributed by atoms with E-state index in [9.17, 15) is 18.4 Å². The number of nitrogens with zero attached hydrogens (tertiary/aromatic N) is 2. The minimum atomic E-state index is -0.813. The van der Waals surface area contributed by atoms with Gasteiger partial charge in [0.2, 0.25) is 0 Å². The van der Waals surface area contributed by atoms with Crippen LogP contribution in [0.5, 0.6) is 11.5 Å². The number of carbonyl (C=O) groups excluding carboxylic acids is 1. The van der Waals surface area contributed by atoms with E-state index in [0.29, 0.717) is 37.5 Å². The van der Waals surface area contributed by atoms with Crippen molar-refractivity contribution in [2.24, 2.45) is 4.99 Å². The van der Waals surface area contributed by atoms with Gasteiger partial charge in [0, 0.05) is 11.6 Å². The third-order valence-electron chi connectivity index (χ3n) is 6.51. The third-order valence-corrected chi connectivity index (χ3v) is 7.49. The highest BCUT2D eigenvalue weighted by atomic mass is 32.1. The second kappa shape index (κ2) is 11.9. The molecule has 0 aliphatic carbocycles. The maximum Gasteiger partial charge on any atom is 0.338 e. The lowest BCUT2D eigenvalue weighted by Gasteiger charge is -2.24. The molecule has 4 aromatic rings.